The first kappa shape index (κ1) is 18.9. The minimum atomic E-state index is -0.347. The van der Waals surface area contributed by atoms with Crippen LogP contribution in [0.4, 0.5) is 0 Å². The van der Waals surface area contributed by atoms with Crippen LogP contribution in [0.5, 0.6) is 5.75 Å². The summed E-state index contributed by atoms with van der Waals surface area (Å²) in [6.45, 7) is 3.91. The second-order valence-corrected chi connectivity index (χ2v) is 6.93. The van der Waals surface area contributed by atoms with Gasteiger partial charge in [-0.05, 0) is 55.8 Å². The third-order valence-corrected chi connectivity index (χ3v) is 4.44. The van der Waals surface area contributed by atoms with Crippen LogP contribution in [-0.4, -0.2) is 18.7 Å². The van der Waals surface area contributed by atoms with Crippen LogP contribution in [0.2, 0.25) is 0 Å². The number of aryl methyl sites for hydroxylation is 2. The molecule has 0 bridgehead atoms. The molecule has 1 amide bonds. The molecule has 1 aromatic heterocycles. The predicted molar refractivity (Wildman–Crippen MR) is 109 cm³/mol. The van der Waals surface area contributed by atoms with Crippen molar-refractivity contribution < 1.29 is 13.9 Å². The van der Waals surface area contributed by atoms with Crippen molar-refractivity contribution in [2.24, 2.45) is 5.10 Å². The van der Waals surface area contributed by atoms with E-state index in [1.54, 1.807) is 6.07 Å². The number of nitrogens with one attached hydrogen (secondary N) is 1. The summed E-state index contributed by atoms with van der Waals surface area (Å²) >= 11 is 3.54. The zero-order valence-electron chi connectivity index (χ0n) is 15.0. The van der Waals surface area contributed by atoms with Crippen molar-refractivity contribution in [3.63, 3.8) is 0 Å². The molecule has 0 radical (unpaired) electrons. The first-order chi connectivity index (χ1) is 13.0. The number of hydrazone groups is 1. The summed E-state index contributed by atoms with van der Waals surface area (Å²) in [6.07, 6.45) is 1.45. The third kappa shape index (κ3) is 5.31. The van der Waals surface area contributed by atoms with Gasteiger partial charge in [-0.3, -0.25) is 4.79 Å². The Kier molecular flexibility index (Phi) is 6.08. The van der Waals surface area contributed by atoms with Gasteiger partial charge in [-0.1, -0.05) is 39.7 Å². The standard InChI is InChI=1S/C21H19BrN2O3/c1-14-3-6-16(7-4-14)26-13-21(25)24-23-12-17-8-10-20(27-17)18-9-5-15(2)11-19(18)22/h3-12H,13H2,1-2H3,(H,24,25)/b23-12-. The molecular weight excluding hydrogens is 408 g/mol. The van der Waals surface area contributed by atoms with Crippen LogP contribution >= 0.6 is 15.9 Å². The molecule has 3 aromatic rings. The van der Waals surface area contributed by atoms with Crippen LogP contribution in [0, 0.1) is 13.8 Å². The monoisotopic (exact) mass is 426 g/mol. The number of hydrogen-bond acceptors (Lipinski definition) is 4. The van der Waals surface area contributed by atoms with E-state index >= 15 is 0 Å². The smallest absolute Gasteiger partial charge is 0.277 e. The van der Waals surface area contributed by atoms with Crippen LogP contribution in [0.25, 0.3) is 11.3 Å². The number of rotatable bonds is 6. The van der Waals surface area contributed by atoms with Gasteiger partial charge in [-0.2, -0.15) is 5.10 Å². The van der Waals surface area contributed by atoms with Crippen molar-refractivity contribution in [2.45, 2.75) is 13.8 Å². The van der Waals surface area contributed by atoms with E-state index in [1.807, 2.05) is 62.4 Å². The van der Waals surface area contributed by atoms with E-state index in [9.17, 15) is 4.79 Å². The Hall–Kier alpha value is -2.86. The van der Waals surface area contributed by atoms with E-state index in [1.165, 1.54) is 6.21 Å². The molecule has 1 N–H and O–H groups in total. The molecule has 0 saturated carbocycles. The maximum atomic E-state index is 11.8. The van der Waals surface area contributed by atoms with Crippen LogP contribution in [0.1, 0.15) is 16.9 Å². The molecule has 0 spiro atoms. The van der Waals surface area contributed by atoms with Crippen molar-refractivity contribution in [1.29, 1.82) is 0 Å². The third-order valence-electron chi connectivity index (χ3n) is 3.79. The summed E-state index contributed by atoms with van der Waals surface area (Å²) in [7, 11) is 0. The highest BCUT2D eigenvalue weighted by Crippen LogP contribution is 2.30. The molecule has 0 fully saturated rings. The summed E-state index contributed by atoms with van der Waals surface area (Å²) in [6, 6.07) is 17.2. The van der Waals surface area contributed by atoms with Crippen LogP contribution in [0.3, 0.4) is 0 Å². The average molecular weight is 427 g/mol. The van der Waals surface area contributed by atoms with Gasteiger partial charge >= 0.3 is 0 Å². The van der Waals surface area contributed by atoms with Gasteiger partial charge in [0.05, 0.1) is 6.21 Å². The maximum absolute atomic E-state index is 11.8. The maximum Gasteiger partial charge on any atom is 0.277 e. The molecular formula is C21H19BrN2O3. The normalized spacial score (nSPS) is 10.9. The molecule has 6 heteroatoms. The van der Waals surface area contributed by atoms with Crippen LogP contribution in [0.15, 0.2) is 68.6 Å². The summed E-state index contributed by atoms with van der Waals surface area (Å²) < 4.78 is 12.1. The van der Waals surface area contributed by atoms with Crippen molar-refractivity contribution in [3.05, 3.63) is 76.0 Å². The number of carbonyl (C=O) groups is 1. The lowest BCUT2D eigenvalue weighted by Gasteiger charge is -2.04. The zero-order valence-corrected chi connectivity index (χ0v) is 16.6. The number of ether oxygens (including phenoxy) is 1. The molecule has 1 heterocycles. The number of halogens is 1. The second-order valence-electron chi connectivity index (χ2n) is 6.08. The van der Waals surface area contributed by atoms with Gasteiger partial charge in [0, 0.05) is 10.0 Å². The van der Waals surface area contributed by atoms with Gasteiger partial charge in [0.15, 0.2) is 6.61 Å². The number of nitrogens with zero attached hydrogens (tertiary/aromatic N) is 1. The molecule has 0 unspecified atom stereocenters. The van der Waals surface area contributed by atoms with Crippen LogP contribution < -0.4 is 10.2 Å². The topological polar surface area (TPSA) is 63.8 Å². The Morgan fingerprint density at radius 1 is 1.11 bits per heavy atom. The predicted octanol–water partition coefficient (Wildman–Crippen LogP) is 4.86. The fourth-order valence-corrected chi connectivity index (χ4v) is 3.06. The SMILES string of the molecule is Cc1ccc(OCC(=O)N/N=C\c2ccc(-c3ccc(C)cc3Br)o2)cc1. The van der Waals surface area contributed by atoms with E-state index in [-0.39, 0.29) is 12.5 Å². The Labute approximate surface area is 166 Å². The van der Waals surface area contributed by atoms with Crippen molar-refractivity contribution in [1.82, 2.24) is 5.43 Å². The average Bonchev–Trinajstić information content (AvgIpc) is 3.10. The van der Waals surface area contributed by atoms with E-state index in [0.717, 1.165) is 26.9 Å². The largest absolute Gasteiger partial charge is 0.484 e. The summed E-state index contributed by atoms with van der Waals surface area (Å²) in [5.74, 6) is 1.55. The lowest BCUT2D eigenvalue weighted by atomic mass is 10.1. The molecule has 0 aliphatic heterocycles. The molecule has 5 nitrogen and oxygen atoms in total. The lowest BCUT2D eigenvalue weighted by molar-refractivity contribution is -0.123. The number of hydrogen-bond donors (Lipinski definition) is 1. The highest BCUT2D eigenvalue weighted by atomic mass is 79.9. The first-order valence-corrected chi connectivity index (χ1v) is 9.18. The van der Waals surface area contributed by atoms with Gasteiger partial charge < -0.3 is 9.15 Å². The van der Waals surface area contributed by atoms with E-state index in [2.05, 4.69) is 26.5 Å². The number of amides is 1. The minimum absolute atomic E-state index is 0.111. The summed E-state index contributed by atoms with van der Waals surface area (Å²) in [4.78, 5) is 11.8. The fraction of sp³-hybridized carbons (Fsp3) is 0.143. The van der Waals surface area contributed by atoms with Gasteiger partial charge in [-0.25, -0.2) is 5.43 Å². The molecule has 0 aliphatic carbocycles. The minimum Gasteiger partial charge on any atom is -0.484 e. The summed E-state index contributed by atoms with van der Waals surface area (Å²) in [5.41, 5.74) is 5.66. The molecule has 0 atom stereocenters. The lowest BCUT2D eigenvalue weighted by Crippen LogP contribution is -2.24. The summed E-state index contributed by atoms with van der Waals surface area (Å²) in [5, 5.41) is 3.90. The number of furan rings is 1. The molecule has 2 aromatic carbocycles. The van der Waals surface area contributed by atoms with Crippen molar-refractivity contribution >= 4 is 28.1 Å². The van der Waals surface area contributed by atoms with E-state index < -0.39 is 0 Å². The first-order valence-electron chi connectivity index (χ1n) is 8.39. The second kappa shape index (κ2) is 8.68. The quantitative estimate of drug-likeness (QED) is 0.452. The zero-order chi connectivity index (χ0) is 19.2. The van der Waals surface area contributed by atoms with Crippen molar-refractivity contribution in [2.75, 3.05) is 6.61 Å². The Balaban J connectivity index is 1.53. The van der Waals surface area contributed by atoms with E-state index in [0.29, 0.717) is 11.5 Å². The van der Waals surface area contributed by atoms with Gasteiger partial charge in [-0.15, -0.1) is 0 Å². The fourth-order valence-electron chi connectivity index (χ4n) is 2.37. The van der Waals surface area contributed by atoms with E-state index in [4.69, 9.17) is 9.15 Å². The highest BCUT2D eigenvalue weighted by Gasteiger charge is 2.08. The Morgan fingerprint density at radius 2 is 1.85 bits per heavy atom. The van der Waals surface area contributed by atoms with Crippen molar-refractivity contribution in [3.8, 4) is 17.1 Å². The molecule has 0 aliphatic rings. The molecule has 0 saturated heterocycles. The molecule has 3 rings (SSSR count). The van der Waals surface area contributed by atoms with Crippen LogP contribution in [-0.2, 0) is 4.79 Å². The Morgan fingerprint density at radius 3 is 2.59 bits per heavy atom. The van der Waals surface area contributed by atoms with Gasteiger partial charge in [0.25, 0.3) is 5.91 Å². The van der Waals surface area contributed by atoms with Gasteiger partial charge in [0.2, 0.25) is 0 Å². The molecule has 27 heavy (non-hydrogen) atoms. The Bertz CT molecular complexity index is 962. The van der Waals surface area contributed by atoms with Gasteiger partial charge in [0.1, 0.15) is 17.3 Å². The number of carbonyl (C=O) groups excluding carboxylic acids is 1. The number of benzene rings is 2. The molecule has 138 valence electrons. The highest BCUT2D eigenvalue weighted by molar-refractivity contribution is 9.10.